The first kappa shape index (κ1) is 17.3. The SMILES string of the molecule is CCCNc1cc(OC(C)C(F)(F)F)nc(C(F)(F)F)n1. The van der Waals surface area contributed by atoms with Crippen LogP contribution in [0.15, 0.2) is 6.07 Å². The Morgan fingerprint density at radius 2 is 1.81 bits per heavy atom. The summed E-state index contributed by atoms with van der Waals surface area (Å²) in [6.07, 6.45) is -11.3. The highest BCUT2D eigenvalue weighted by molar-refractivity contribution is 5.38. The molecule has 120 valence electrons. The lowest BCUT2D eigenvalue weighted by Crippen LogP contribution is -2.31. The third kappa shape index (κ3) is 5.27. The lowest BCUT2D eigenvalue weighted by atomic mass is 10.4. The van der Waals surface area contributed by atoms with Gasteiger partial charge in [0.2, 0.25) is 11.7 Å². The van der Waals surface area contributed by atoms with Gasteiger partial charge in [-0.2, -0.15) is 31.3 Å². The molecule has 1 heterocycles. The minimum Gasteiger partial charge on any atom is -0.465 e. The Morgan fingerprint density at radius 3 is 2.29 bits per heavy atom. The van der Waals surface area contributed by atoms with E-state index in [1.807, 2.05) is 0 Å². The van der Waals surface area contributed by atoms with Gasteiger partial charge in [-0.1, -0.05) is 6.92 Å². The summed E-state index contributed by atoms with van der Waals surface area (Å²) >= 11 is 0. The molecular formula is C11H13F6N3O. The predicted octanol–water partition coefficient (Wildman–Crippen LogP) is 3.65. The fourth-order valence-electron chi connectivity index (χ4n) is 1.20. The van der Waals surface area contributed by atoms with Crippen LogP contribution in [0.4, 0.5) is 32.2 Å². The molecule has 0 aliphatic heterocycles. The van der Waals surface area contributed by atoms with E-state index in [1.54, 1.807) is 6.92 Å². The second-order valence-electron chi connectivity index (χ2n) is 4.14. The monoisotopic (exact) mass is 317 g/mol. The number of ether oxygens (including phenoxy) is 1. The predicted molar refractivity (Wildman–Crippen MR) is 62.0 cm³/mol. The molecule has 10 heteroatoms. The molecule has 0 spiro atoms. The molecule has 1 unspecified atom stereocenters. The Morgan fingerprint density at radius 1 is 1.19 bits per heavy atom. The van der Waals surface area contributed by atoms with Gasteiger partial charge in [0.05, 0.1) is 0 Å². The van der Waals surface area contributed by atoms with Gasteiger partial charge in [0.15, 0.2) is 6.10 Å². The van der Waals surface area contributed by atoms with E-state index in [-0.39, 0.29) is 5.82 Å². The molecule has 1 rings (SSSR count). The van der Waals surface area contributed by atoms with Gasteiger partial charge < -0.3 is 10.1 Å². The van der Waals surface area contributed by atoms with Crippen molar-refractivity contribution >= 4 is 5.82 Å². The number of alkyl halides is 6. The third-order valence-electron chi connectivity index (χ3n) is 2.27. The second kappa shape index (κ2) is 6.35. The molecule has 1 aromatic heterocycles. The van der Waals surface area contributed by atoms with Gasteiger partial charge in [0.25, 0.3) is 0 Å². The summed E-state index contributed by atoms with van der Waals surface area (Å²) in [5.74, 6) is -2.60. The topological polar surface area (TPSA) is 47.0 Å². The average Bonchev–Trinajstić information content (AvgIpc) is 2.34. The van der Waals surface area contributed by atoms with Gasteiger partial charge in [0.1, 0.15) is 5.82 Å². The van der Waals surface area contributed by atoms with Crippen LogP contribution in [0.25, 0.3) is 0 Å². The smallest absolute Gasteiger partial charge is 0.451 e. The number of hydrogen-bond donors (Lipinski definition) is 1. The first-order valence-corrected chi connectivity index (χ1v) is 5.97. The van der Waals surface area contributed by atoms with Gasteiger partial charge in [0, 0.05) is 12.6 Å². The van der Waals surface area contributed by atoms with Crippen molar-refractivity contribution in [3.8, 4) is 5.88 Å². The fourth-order valence-corrected chi connectivity index (χ4v) is 1.20. The zero-order valence-corrected chi connectivity index (χ0v) is 11.1. The Kier molecular flexibility index (Phi) is 5.24. The number of hydrogen-bond acceptors (Lipinski definition) is 4. The van der Waals surface area contributed by atoms with Crippen LogP contribution in [0.1, 0.15) is 26.1 Å². The van der Waals surface area contributed by atoms with E-state index in [0.717, 1.165) is 6.07 Å². The van der Waals surface area contributed by atoms with E-state index in [1.165, 1.54) is 0 Å². The van der Waals surface area contributed by atoms with Crippen molar-refractivity contribution in [2.75, 3.05) is 11.9 Å². The number of aromatic nitrogens is 2. The molecular weight excluding hydrogens is 304 g/mol. The second-order valence-corrected chi connectivity index (χ2v) is 4.14. The van der Waals surface area contributed by atoms with Crippen molar-refractivity contribution in [2.45, 2.75) is 38.7 Å². The summed E-state index contributed by atoms with van der Waals surface area (Å²) in [7, 11) is 0. The van der Waals surface area contributed by atoms with Crippen molar-refractivity contribution in [3.63, 3.8) is 0 Å². The first-order valence-electron chi connectivity index (χ1n) is 5.97. The van der Waals surface area contributed by atoms with Crippen molar-refractivity contribution in [1.29, 1.82) is 0 Å². The number of nitrogens with zero attached hydrogens (tertiary/aromatic N) is 2. The lowest BCUT2D eigenvalue weighted by Gasteiger charge is -2.18. The lowest BCUT2D eigenvalue weighted by molar-refractivity contribution is -0.190. The van der Waals surface area contributed by atoms with Crippen LogP contribution < -0.4 is 10.1 Å². The van der Waals surface area contributed by atoms with Gasteiger partial charge >= 0.3 is 12.4 Å². The van der Waals surface area contributed by atoms with Crippen LogP contribution in [0, 0.1) is 0 Å². The average molecular weight is 317 g/mol. The van der Waals surface area contributed by atoms with Crippen LogP contribution in [0.2, 0.25) is 0 Å². The molecule has 4 nitrogen and oxygen atoms in total. The highest BCUT2D eigenvalue weighted by Crippen LogP contribution is 2.30. The molecule has 0 fully saturated rings. The maximum atomic E-state index is 12.6. The molecule has 1 aromatic rings. The van der Waals surface area contributed by atoms with Crippen molar-refractivity contribution in [3.05, 3.63) is 11.9 Å². The standard InChI is InChI=1S/C11H13F6N3O/c1-3-4-18-7-5-8(21-6(2)10(12,13)14)20-9(19-7)11(15,16)17/h5-6H,3-4H2,1-2H3,(H,18,19,20). The summed E-state index contributed by atoms with van der Waals surface area (Å²) in [5.41, 5.74) is 0. The zero-order valence-electron chi connectivity index (χ0n) is 11.1. The fraction of sp³-hybridized carbons (Fsp3) is 0.636. The quantitative estimate of drug-likeness (QED) is 0.842. The Labute approximate surface area is 116 Å². The zero-order chi connectivity index (χ0) is 16.3. The molecule has 0 amide bonds. The van der Waals surface area contributed by atoms with Crippen LogP contribution >= 0.6 is 0 Å². The van der Waals surface area contributed by atoms with Gasteiger partial charge in [-0.15, -0.1) is 0 Å². The molecule has 0 aromatic carbocycles. The highest BCUT2D eigenvalue weighted by Gasteiger charge is 2.40. The molecule has 0 saturated carbocycles. The Balaban J connectivity index is 3.07. The minimum absolute atomic E-state index is 0.247. The van der Waals surface area contributed by atoms with Crippen LogP contribution in [0.5, 0.6) is 5.88 Å². The van der Waals surface area contributed by atoms with Crippen LogP contribution in [0.3, 0.4) is 0 Å². The van der Waals surface area contributed by atoms with Crippen molar-refractivity contribution < 1.29 is 31.1 Å². The third-order valence-corrected chi connectivity index (χ3v) is 2.27. The highest BCUT2D eigenvalue weighted by atomic mass is 19.4. The largest absolute Gasteiger partial charge is 0.465 e. The summed E-state index contributed by atoms with van der Waals surface area (Å²) in [5, 5.41) is 2.55. The molecule has 21 heavy (non-hydrogen) atoms. The van der Waals surface area contributed by atoms with E-state index in [4.69, 9.17) is 0 Å². The van der Waals surface area contributed by atoms with Crippen LogP contribution in [-0.2, 0) is 6.18 Å². The molecule has 0 saturated heterocycles. The van der Waals surface area contributed by atoms with E-state index >= 15 is 0 Å². The maximum absolute atomic E-state index is 12.6. The van der Waals surface area contributed by atoms with E-state index < -0.39 is 30.2 Å². The minimum atomic E-state index is -4.89. The molecule has 0 aliphatic carbocycles. The number of nitrogens with one attached hydrogen (secondary N) is 1. The molecule has 1 atom stereocenters. The van der Waals surface area contributed by atoms with Crippen molar-refractivity contribution in [1.82, 2.24) is 9.97 Å². The number of rotatable bonds is 5. The molecule has 1 N–H and O–H groups in total. The summed E-state index contributed by atoms with van der Waals surface area (Å²) in [6.45, 7) is 2.75. The van der Waals surface area contributed by atoms with Crippen molar-refractivity contribution in [2.24, 2.45) is 0 Å². The summed E-state index contributed by atoms with van der Waals surface area (Å²) in [4.78, 5) is 6.17. The van der Waals surface area contributed by atoms with E-state index in [2.05, 4.69) is 20.0 Å². The summed E-state index contributed by atoms with van der Waals surface area (Å²) < 4.78 is 79.4. The van der Waals surface area contributed by atoms with Gasteiger partial charge in [-0.25, -0.2) is 4.98 Å². The van der Waals surface area contributed by atoms with Gasteiger partial charge in [-0.05, 0) is 13.3 Å². The van der Waals surface area contributed by atoms with Crippen LogP contribution in [-0.4, -0.2) is 28.8 Å². The molecule has 0 radical (unpaired) electrons. The molecule has 0 bridgehead atoms. The van der Waals surface area contributed by atoms with Gasteiger partial charge in [-0.3, -0.25) is 0 Å². The molecule has 0 aliphatic rings. The first-order chi connectivity index (χ1) is 9.54. The number of anilines is 1. The van der Waals surface area contributed by atoms with E-state index in [9.17, 15) is 26.3 Å². The Bertz CT molecular complexity index is 474. The summed E-state index contributed by atoms with van der Waals surface area (Å²) in [6, 6.07) is 0.896. The Hall–Kier alpha value is -1.74. The normalized spacial score (nSPS) is 13.9. The number of halogens is 6. The maximum Gasteiger partial charge on any atom is 0.451 e. The van der Waals surface area contributed by atoms with E-state index in [0.29, 0.717) is 19.9 Å².